The highest BCUT2D eigenvalue weighted by molar-refractivity contribution is 5.92. The van der Waals surface area contributed by atoms with Crippen molar-refractivity contribution < 1.29 is 9.59 Å². The number of rotatable bonds is 6. The third-order valence-electron chi connectivity index (χ3n) is 5.16. The predicted octanol–water partition coefficient (Wildman–Crippen LogP) is 4.59. The number of anilines is 2. The third-order valence-corrected chi connectivity index (χ3v) is 5.16. The maximum absolute atomic E-state index is 12.2. The molecule has 3 rings (SSSR count). The number of hydrogen-bond donors (Lipinski definition) is 3. The van der Waals surface area contributed by atoms with Gasteiger partial charge >= 0.3 is 6.03 Å². The number of benzene rings is 2. The van der Waals surface area contributed by atoms with E-state index in [1.165, 1.54) is 0 Å². The fourth-order valence-electron chi connectivity index (χ4n) is 3.48. The van der Waals surface area contributed by atoms with Crippen LogP contribution in [0, 0.1) is 4.91 Å². The van der Waals surface area contributed by atoms with Gasteiger partial charge in [0.25, 0.3) is 0 Å². The Bertz CT molecular complexity index is 969. The monoisotopic (exact) mass is 421 g/mol. The van der Waals surface area contributed by atoms with Crippen molar-refractivity contribution in [1.82, 2.24) is 10.9 Å². The molecule has 3 N–H and O–H groups in total. The van der Waals surface area contributed by atoms with Gasteiger partial charge in [-0.05, 0) is 53.4 Å². The van der Waals surface area contributed by atoms with Crippen LogP contribution in [0.25, 0.3) is 0 Å². The minimum atomic E-state index is -0.487. The van der Waals surface area contributed by atoms with Gasteiger partial charge in [0.2, 0.25) is 5.91 Å². The molecule has 0 atom stereocenters. The van der Waals surface area contributed by atoms with Gasteiger partial charge in [-0.15, -0.1) is 4.91 Å². The Morgan fingerprint density at radius 2 is 1.81 bits per heavy atom. The lowest BCUT2D eigenvalue weighted by molar-refractivity contribution is -0.121. The lowest BCUT2D eigenvalue weighted by Gasteiger charge is -2.28. The summed E-state index contributed by atoms with van der Waals surface area (Å²) in [5.41, 5.74) is 9.04. The number of amides is 3. The lowest BCUT2D eigenvalue weighted by Crippen LogP contribution is -2.44. The van der Waals surface area contributed by atoms with E-state index < -0.39 is 6.03 Å². The van der Waals surface area contributed by atoms with Crippen LogP contribution in [-0.4, -0.2) is 25.0 Å². The topological polar surface area (TPSA) is 103 Å². The van der Waals surface area contributed by atoms with Gasteiger partial charge in [0.15, 0.2) is 0 Å². The Morgan fingerprint density at radius 3 is 2.45 bits per heavy atom. The highest BCUT2D eigenvalue weighted by Crippen LogP contribution is 2.24. The van der Waals surface area contributed by atoms with Crippen molar-refractivity contribution in [3.63, 3.8) is 0 Å². The predicted molar refractivity (Wildman–Crippen MR) is 122 cm³/mol. The molecule has 0 aliphatic carbocycles. The number of nitrogens with zero attached hydrogens (tertiary/aromatic N) is 2. The summed E-state index contributed by atoms with van der Waals surface area (Å²) in [5.74, 6) is -0.00285. The second kappa shape index (κ2) is 10.4. The Hall–Kier alpha value is -3.68. The zero-order chi connectivity index (χ0) is 22.2. The first-order valence-electron chi connectivity index (χ1n) is 10.3. The molecule has 0 unspecified atom stereocenters. The summed E-state index contributed by atoms with van der Waals surface area (Å²) >= 11 is 0. The molecule has 0 saturated heterocycles. The average Bonchev–Trinajstić information content (AvgIpc) is 2.78. The molecule has 0 bridgehead atoms. The van der Waals surface area contributed by atoms with E-state index in [1.807, 2.05) is 42.5 Å². The van der Waals surface area contributed by atoms with Crippen LogP contribution in [0.15, 0.2) is 65.4 Å². The fourth-order valence-corrected chi connectivity index (χ4v) is 3.48. The van der Waals surface area contributed by atoms with E-state index in [1.54, 1.807) is 12.1 Å². The zero-order valence-corrected chi connectivity index (χ0v) is 17.7. The second-order valence-corrected chi connectivity index (χ2v) is 7.71. The number of nitrogens with one attached hydrogen (secondary N) is 3. The van der Waals surface area contributed by atoms with Gasteiger partial charge in [-0.3, -0.25) is 10.2 Å². The number of hydrogen-bond acceptors (Lipinski definition) is 5. The Morgan fingerprint density at radius 1 is 1.06 bits per heavy atom. The number of carbonyl (C=O) groups excluding carboxylic acids is 2. The van der Waals surface area contributed by atoms with E-state index in [4.69, 9.17) is 0 Å². The van der Waals surface area contributed by atoms with E-state index in [0.717, 1.165) is 35.5 Å². The summed E-state index contributed by atoms with van der Waals surface area (Å²) in [6.07, 6.45) is 2.99. The minimum Gasteiger partial charge on any atom is -0.367 e. The first-order chi connectivity index (χ1) is 15.0. The van der Waals surface area contributed by atoms with Crippen molar-refractivity contribution in [2.75, 3.05) is 23.3 Å². The van der Waals surface area contributed by atoms with Gasteiger partial charge in [-0.1, -0.05) is 43.7 Å². The quantitative estimate of drug-likeness (QED) is 0.361. The van der Waals surface area contributed by atoms with Gasteiger partial charge in [-0.2, -0.15) is 0 Å². The van der Waals surface area contributed by atoms with E-state index in [9.17, 15) is 14.5 Å². The standard InChI is InChI=1S/C23H27N5O3/c1-16(2)20-5-3-4-6-21(20)24-23(30)26-25-22(29)15-17-11-13-28(14-12-17)19-9-7-18(27-31)8-10-19/h3-11,16H,12-15H2,1-2H3,(H,25,29)(H2,24,26,30). The van der Waals surface area contributed by atoms with E-state index >= 15 is 0 Å². The maximum atomic E-state index is 12.2. The number of urea groups is 1. The van der Waals surface area contributed by atoms with Gasteiger partial charge in [0.05, 0.1) is 0 Å². The summed E-state index contributed by atoms with van der Waals surface area (Å²) in [6.45, 7) is 5.55. The van der Waals surface area contributed by atoms with Crippen LogP contribution in [-0.2, 0) is 4.79 Å². The number of carbonyl (C=O) groups is 2. The summed E-state index contributed by atoms with van der Waals surface area (Å²) < 4.78 is 0. The van der Waals surface area contributed by atoms with Crippen LogP contribution in [0.1, 0.15) is 38.2 Å². The molecule has 1 heterocycles. The van der Waals surface area contributed by atoms with Crippen LogP contribution in [0.4, 0.5) is 21.9 Å². The molecular formula is C23H27N5O3. The highest BCUT2D eigenvalue weighted by atomic mass is 16.3. The molecule has 1 aliphatic heterocycles. The Balaban J connectivity index is 1.45. The van der Waals surface area contributed by atoms with Crippen LogP contribution in [0.2, 0.25) is 0 Å². The molecule has 2 aromatic carbocycles. The molecule has 8 heteroatoms. The van der Waals surface area contributed by atoms with Crippen molar-refractivity contribution >= 4 is 29.0 Å². The van der Waals surface area contributed by atoms with Crippen molar-refractivity contribution in [2.24, 2.45) is 5.18 Å². The van der Waals surface area contributed by atoms with E-state index in [-0.39, 0.29) is 18.2 Å². The molecule has 3 amide bonds. The summed E-state index contributed by atoms with van der Waals surface area (Å²) in [7, 11) is 0. The molecular weight excluding hydrogens is 394 g/mol. The van der Waals surface area contributed by atoms with Crippen molar-refractivity contribution in [3.05, 3.63) is 70.7 Å². The number of nitroso groups, excluding NO2 is 1. The van der Waals surface area contributed by atoms with Crippen LogP contribution < -0.4 is 21.1 Å². The smallest absolute Gasteiger partial charge is 0.337 e. The SMILES string of the molecule is CC(C)c1ccccc1NC(=O)NNC(=O)CC1=CCN(c2ccc(N=O)cc2)CC1. The van der Waals surface area contributed by atoms with Crippen molar-refractivity contribution in [1.29, 1.82) is 0 Å². The van der Waals surface area contributed by atoms with E-state index in [0.29, 0.717) is 12.2 Å². The number of hydrazine groups is 1. The molecule has 0 radical (unpaired) electrons. The fraction of sp³-hybridized carbons (Fsp3) is 0.304. The summed E-state index contributed by atoms with van der Waals surface area (Å²) in [4.78, 5) is 37.1. The molecule has 0 saturated carbocycles. The summed E-state index contributed by atoms with van der Waals surface area (Å²) in [6, 6.07) is 14.2. The lowest BCUT2D eigenvalue weighted by atomic mass is 10.0. The normalized spacial score (nSPS) is 13.4. The zero-order valence-electron chi connectivity index (χ0n) is 17.7. The Labute approximate surface area is 181 Å². The molecule has 0 fully saturated rings. The summed E-state index contributed by atoms with van der Waals surface area (Å²) in [5, 5.41) is 5.68. The molecule has 1 aliphatic rings. The first-order valence-corrected chi connectivity index (χ1v) is 10.3. The molecule has 162 valence electrons. The first kappa shape index (κ1) is 22.0. The molecule has 0 spiro atoms. The van der Waals surface area contributed by atoms with Crippen LogP contribution in [0.3, 0.4) is 0 Å². The van der Waals surface area contributed by atoms with E-state index in [2.05, 4.69) is 40.1 Å². The number of para-hydroxylation sites is 1. The average molecular weight is 422 g/mol. The minimum absolute atomic E-state index is 0.227. The van der Waals surface area contributed by atoms with Crippen LogP contribution >= 0.6 is 0 Å². The maximum Gasteiger partial charge on any atom is 0.337 e. The third kappa shape index (κ3) is 6.15. The van der Waals surface area contributed by atoms with Gasteiger partial charge in [0.1, 0.15) is 5.69 Å². The highest BCUT2D eigenvalue weighted by Gasteiger charge is 2.15. The van der Waals surface area contributed by atoms with Crippen molar-refractivity contribution in [3.8, 4) is 0 Å². The molecule has 31 heavy (non-hydrogen) atoms. The molecule has 0 aromatic heterocycles. The van der Waals surface area contributed by atoms with Gasteiger partial charge in [0, 0.05) is 30.9 Å². The van der Waals surface area contributed by atoms with Gasteiger partial charge in [-0.25, -0.2) is 10.2 Å². The van der Waals surface area contributed by atoms with Crippen molar-refractivity contribution in [2.45, 2.75) is 32.6 Å². The van der Waals surface area contributed by atoms with Gasteiger partial charge < -0.3 is 10.2 Å². The molecule has 2 aromatic rings. The largest absolute Gasteiger partial charge is 0.367 e. The second-order valence-electron chi connectivity index (χ2n) is 7.71. The van der Waals surface area contributed by atoms with Crippen LogP contribution in [0.5, 0.6) is 0 Å². The molecule has 8 nitrogen and oxygen atoms in total. The Kier molecular flexibility index (Phi) is 7.37.